The van der Waals surface area contributed by atoms with E-state index >= 15 is 0 Å². The number of hydrogen-bond donors (Lipinski definition) is 0. The maximum Gasteiger partial charge on any atom is 0.416 e. The average molecular weight is 807 g/mol. The molecule has 62 heavy (non-hydrogen) atoms. The van der Waals surface area contributed by atoms with Gasteiger partial charge in [-0.15, -0.1) is 0 Å². The summed E-state index contributed by atoms with van der Waals surface area (Å²) in [7, 11) is 0. The van der Waals surface area contributed by atoms with Crippen LogP contribution in [0.2, 0.25) is 0 Å². The third-order valence-corrected chi connectivity index (χ3v) is 12.0. The molecule has 2 nitrogen and oxygen atoms in total. The lowest BCUT2D eigenvalue weighted by Crippen LogP contribution is -2.09. The highest BCUT2D eigenvalue weighted by Gasteiger charge is 2.30. The second-order valence-corrected chi connectivity index (χ2v) is 15.6. The standard InChI is InChI=1S/C57H37F3N2/c58-57(59,60)42-28-34-46(35-29-42)62-53-22-12-11-17-47(53)52-37-41(27-36-54(52)62)38-23-30-44(31-24-38)61(43-15-5-2-6-16-43)45-32-25-40(26-33-45)56-50-20-9-7-18-48(50)55(39-13-3-1-4-14-39)49-19-8-10-21-51(49)56/h1-37H. The molecule has 1 heterocycles. The van der Waals surface area contributed by atoms with E-state index in [9.17, 15) is 13.2 Å². The van der Waals surface area contributed by atoms with Gasteiger partial charge in [0, 0.05) is 33.5 Å². The summed E-state index contributed by atoms with van der Waals surface area (Å²) in [4.78, 5) is 2.28. The molecule has 296 valence electrons. The third kappa shape index (κ3) is 6.38. The van der Waals surface area contributed by atoms with Crippen molar-refractivity contribution in [3.05, 3.63) is 230 Å². The van der Waals surface area contributed by atoms with Gasteiger partial charge in [0.2, 0.25) is 0 Å². The van der Waals surface area contributed by atoms with E-state index in [1.54, 1.807) is 12.1 Å². The van der Waals surface area contributed by atoms with E-state index in [2.05, 4.69) is 181 Å². The zero-order valence-corrected chi connectivity index (χ0v) is 33.4. The summed E-state index contributed by atoms with van der Waals surface area (Å²) in [5.41, 5.74) is 11.9. The maximum atomic E-state index is 13.4. The minimum absolute atomic E-state index is 0.664. The first-order chi connectivity index (χ1) is 30.4. The summed E-state index contributed by atoms with van der Waals surface area (Å²) in [5.74, 6) is 0. The highest BCUT2D eigenvalue weighted by atomic mass is 19.4. The Bertz CT molecular complexity index is 3350. The fourth-order valence-electron chi connectivity index (χ4n) is 9.19. The van der Waals surface area contributed by atoms with Crippen molar-refractivity contribution in [3.8, 4) is 39.1 Å². The van der Waals surface area contributed by atoms with Crippen molar-refractivity contribution in [2.45, 2.75) is 6.18 Å². The van der Waals surface area contributed by atoms with E-state index in [1.807, 2.05) is 28.8 Å². The lowest BCUT2D eigenvalue weighted by Gasteiger charge is -2.26. The van der Waals surface area contributed by atoms with E-state index in [-0.39, 0.29) is 0 Å². The van der Waals surface area contributed by atoms with Gasteiger partial charge in [-0.1, -0.05) is 146 Å². The molecule has 0 saturated heterocycles. The summed E-state index contributed by atoms with van der Waals surface area (Å²) >= 11 is 0. The molecule has 0 fully saturated rings. The highest BCUT2D eigenvalue weighted by molar-refractivity contribution is 6.21. The third-order valence-electron chi connectivity index (χ3n) is 12.0. The first-order valence-corrected chi connectivity index (χ1v) is 20.7. The summed E-state index contributed by atoms with van der Waals surface area (Å²) in [6.45, 7) is 0. The highest BCUT2D eigenvalue weighted by Crippen LogP contribution is 2.45. The molecular weight excluding hydrogens is 770 g/mol. The van der Waals surface area contributed by atoms with Crippen molar-refractivity contribution < 1.29 is 13.2 Å². The Kier molecular flexibility index (Phi) is 8.97. The van der Waals surface area contributed by atoms with Crippen LogP contribution in [0.3, 0.4) is 0 Å². The van der Waals surface area contributed by atoms with Gasteiger partial charge in [-0.05, 0) is 134 Å². The minimum atomic E-state index is -4.39. The molecule has 5 heteroatoms. The number of nitrogens with zero attached hydrogens (tertiary/aromatic N) is 2. The van der Waals surface area contributed by atoms with Crippen LogP contribution in [0.15, 0.2) is 224 Å². The molecule has 0 atom stereocenters. The molecule has 10 aromatic carbocycles. The zero-order valence-electron chi connectivity index (χ0n) is 33.4. The van der Waals surface area contributed by atoms with Gasteiger partial charge >= 0.3 is 6.18 Å². The lowest BCUT2D eigenvalue weighted by atomic mass is 9.86. The van der Waals surface area contributed by atoms with Crippen LogP contribution < -0.4 is 4.90 Å². The Morgan fingerprint density at radius 1 is 0.323 bits per heavy atom. The molecule has 11 aromatic rings. The van der Waals surface area contributed by atoms with Gasteiger partial charge in [-0.2, -0.15) is 13.2 Å². The second kappa shape index (κ2) is 15.0. The number of halogens is 3. The summed E-state index contributed by atoms with van der Waals surface area (Å²) < 4.78 is 42.3. The van der Waals surface area contributed by atoms with E-state index in [0.29, 0.717) is 5.69 Å². The summed E-state index contributed by atoms with van der Waals surface area (Å²) in [6.07, 6.45) is -4.39. The number of hydrogen-bond acceptors (Lipinski definition) is 1. The smallest absolute Gasteiger partial charge is 0.311 e. The Balaban J connectivity index is 0.969. The Hall–Kier alpha value is -7.89. The number of alkyl halides is 3. The molecule has 0 saturated carbocycles. The van der Waals surface area contributed by atoms with Crippen molar-refractivity contribution in [1.82, 2.24) is 4.57 Å². The number of aromatic nitrogens is 1. The van der Waals surface area contributed by atoms with Gasteiger partial charge in [0.25, 0.3) is 0 Å². The van der Waals surface area contributed by atoms with Crippen LogP contribution in [0.4, 0.5) is 30.2 Å². The van der Waals surface area contributed by atoms with Crippen LogP contribution in [0, 0.1) is 0 Å². The molecule has 1 aromatic heterocycles. The topological polar surface area (TPSA) is 8.17 Å². The van der Waals surface area contributed by atoms with Crippen LogP contribution in [0.1, 0.15) is 5.56 Å². The SMILES string of the molecule is FC(F)(F)c1ccc(-n2c3ccccc3c3cc(-c4ccc(N(c5ccccc5)c5ccc(-c6c7ccccc7c(-c7ccccc7)c7ccccc67)cc5)cc4)ccc32)cc1. The predicted molar refractivity (Wildman–Crippen MR) is 252 cm³/mol. The summed E-state index contributed by atoms with van der Waals surface area (Å²) in [6, 6.07) is 75.9. The van der Waals surface area contributed by atoms with Crippen LogP contribution in [0.5, 0.6) is 0 Å². The minimum Gasteiger partial charge on any atom is -0.311 e. The van der Waals surface area contributed by atoms with Crippen LogP contribution in [0.25, 0.3) is 82.4 Å². The summed E-state index contributed by atoms with van der Waals surface area (Å²) in [5, 5.41) is 6.96. The normalized spacial score (nSPS) is 11.8. The molecule has 0 radical (unpaired) electrons. The maximum absolute atomic E-state index is 13.4. The van der Waals surface area contributed by atoms with Gasteiger partial charge in [-0.25, -0.2) is 0 Å². The van der Waals surface area contributed by atoms with Gasteiger partial charge in [0.1, 0.15) is 0 Å². The number of para-hydroxylation sites is 2. The second-order valence-electron chi connectivity index (χ2n) is 15.6. The van der Waals surface area contributed by atoms with Crippen molar-refractivity contribution in [1.29, 1.82) is 0 Å². The lowest BCUT2D eigenvalue weighted by molar-refractivity contribution is -0.137. The number of benzene rings is 10. The van der Waals surface area contributed by atoms with Gasteiger partial charge in [0.05, 0.1) is 16.6 Å². The van der Waals surface area contributed by atoms with Gasteiger partial charge < -0.3 is 9.47 Å². The molecule has 11 rings (SSSR count). The van der Waals surface area contributed by atoms with Gasteiger partial charge in [-0.3, -0.25) is 0 Å². The molecule has 0 unspecified atom stereocenters. The van der Waals surface area contributed by atoms with E-state index in [4.69, 9.17) is 0 Å². The fraction of sp³-hybridized carbons (Fsp3) is 0.0175. The monoisotopic (exact) mass is 806 g/mol. The van der Waals surface area contributed by atoms with Crippen molar-refractivity contribution in [3.63, 3.8) is 0 Å². The van der Waals surface area contributed by atoms with Crippen molar-refractivity contribution in [2.75, 3.05) is 4.90 Å². The van der Waals surface area contributed by atoms with E-state index in [0.717, 1.165) is 67.7 Å². The molecular formula is C57H37F3N2. The molecule has 0 bridgehead atoms. The van der Waals surface area contributed by atoms with Crippen molar-refractivity contribution in [2.24, 2.45) is 0 Å². The van der Waals surface area contributed by atoms with Crippen LogP contribution in [-0.2, 0) is 6.18 Å². The van der Waals surface area contributed by atoms with Gasteiger partial charge in [0.15, 0.2) is 0 Å². The predicted octanol–water partition coefficient (Wildman–Crippen LogP) is 16.6. The average Bonchev–Trinajstić information content (AvgIpc) is 3.65. The van der Waals surface area contributed by atoms with Crippen molar-refractivity contribution >= 4 is 60.4 Å². The molecule has 0 aliphatic heterocycles. The Morgan fingerprint density at radius 3 is 1.29 bits per heavy atom. The first-order valence-electron chi connectivity index (χ1n) is 20.7. The Morgan fingerprint density at radius 2 is 0.742 bits per heavy atom. The van der Waals surface area contributed by atoms with Crippen LogP contribution >= 0.6 is 0 Å². The van der Waals surface area contributed by atoms with E-state index < -0.39 is 11.7 Å². The number of anilines is 3. The quantitative estimate of drug-likeness (QED) is 0.146. The largest absolute Gasteiger partial charge is 0.416 e. The van der Waals surface area contributed by atoms with E-state index in [1.165, 1.54) is 38.2 Å². The zero-order chi connectivity index (χ0) is 41.8. The number of fused-ring (bicyclic) bond motifs is 5. The fourth-order valence-corrected chi connectivity index (χ4v) is 9.19. The Labute approximate surface area is 357 Å². The number of rotatable bonds is 7. The molecule has 0 aliphatic rings. The van der Waals surface area contributed by atoms with Crippen LogP contribution in [-0.4, -0.2) is 4.57 Å². The molecule has 0 N–H and O–H groups in total. The first kappa shape index (κ1) is 37.1. The molecule has 0 aliphatic carbocycles. The molecule has 0 amide bonds. The molecule has 0 spiro atoms.